The molecular weight excluding hydrogens is 324 g/mol. The molecule has 1 aromatic carbocycles. The molecule has 0 bridgehead atoms. The molecule has 20 heavy (non-hydrogen) atoms. The molecule has 0 fully saturated rings. The van der Waals surface area contributed by atoms with Crippen LogP contribution < -0.4 is 5.32 Å². The smallest absolute Gasteiger partial charge is 0.273 e. The minimum Gasteiger partial charge on any atom is -0.380 e. The molecule has 1 atom stereocenters. The second-order valence-corrected chi connectivity index (χ2v) is 5.53. The number of aryl methyl sites for hydroxylation is 1. The Kier molecular flexibility index (Phi) is 4.39. The van der Waals surface area contributed by atoms with E-state index in [9.17, 15) is 10.1 Å². The van der Waals surface area contributed by atoms with Crippen molar-refractivity contribution in [2.75, 3.05) is 5.32 Å². The van der Waals surface area contributed by atoms with E-state index in [-0.39, 0.29) is 16.7 Å². The van der Waals surface area contributed by atoms with Crippen molar-refractivity contribution in [1.29, 1.82) is 0 Å². The van der Waals surface area contributed by atoms with Crippen LogP contribution in [0.5, 0.6) is 0 Å². The molecule has 0 aliphatic rings. The van der Waals surface area contributed by atoms with E-state index in [1.165, 1.54) is 6.07 Å². The van der Waals surface area contributed by atoms with Gasteiger partial charge in [0.05, 0.1) is 11.3 Å². The van der Waals surface area contributed by atoms with E-state index < -0.39 is 0 Å². The molecule has 1 unspecified atom stereocenters. The Bertz CT molecular complexity index is 613. The largest absolute Gasteiger partial charge is 0.380 e. The van der Waals surface area contributed by atoms with Crippen molar-refractivity contribution < 1.29 is 4.92 Å². The monoisotopic (exact) mass is 338 g/mol. The molecule has 1 N–H and O–H groups in total. The van der Waals surface area contributed by atoms with Gasteiger partial charge in [-0.1, -0.05) is 0 Å². The van der Waals surface area contributed by atoms with Gasteiger partial charge in [-0.05, 0) is 35.8 Å². The topological polar surface area (TPSA) is 73.0 Å². The molecular formula is C13H15BrN4O2. The zero-order chi connectivity index (χ0) is 14.7. The maximum absolute atomic E-state index is 10.9. The lowest BCUT2D eigenvalue weighted by molar-refractivity contribution is -0.385. The van der Waals surface area contributed by atoms with Crippen molar-refractivity contribution in [2.24, 2.45) is 0 Å². The molecule has 0 saturated carbocycles. The number of aromatic nitrogens is 2. The predicted molar refractivity (Wildman–Crippen MR) is 80.8 cm³/mol. The van der Waals surface area contributed by atoms with Crippen LogP contribution in [0.25, 0.3) is 0 Å². The summed E-state index contributed by atoms with van der Waals surface area (Å²) in [7, 11) is 0. The second kappa shape index (κ2) is 6.04. The first-order valence-electron chi connectivity index (χ1n) is 6.14. The zero-order valence-electron chi connectivity index (χ0n) is 11.2. The van der Waals surface area contributed by atoms with E-state index in [1.807, 2.05) is 17.7 Å². The summed E-state index contributed by atoms with van der Waals surface area (Å²) >= 11 is 3.37. The fourth-order valence-corrected chi connectivity index (χ4v) is 2.45. The number of imidazole rings is 1. The lowest BCUT2D eigenvalue weighted by Crippen LogP contribution is -2.21. The summed E-state index contributed by atoms with van der Waals surface area (Å²) in [5, 5.41) is 14.2. The van der Waals surface area contributed by atoms with Gasteiger partial charge in [0.1, 0.15) is 0 Å². The standard InChI is InChI=1S/C13H15BrN4O2/c1-9-5-12(11(14)6-13(9)18(19)20)16-10(2)7-17-4-3-15-8-17/h3-6,8,10,16H,7H2,1-2H3. The Morgan fingerprint density at radius 1 is 1.55 bits per heavy atom. The maximum Gasteiger partial charge on any atom is 0.273 e. The highest BCUT2D eigenvalue weighted by Gasteiger charge is 2.15. The number of nitro benzene ring substituents is 1. The third-order valence-corrected chi connectivity index (χ3v) is 3.58. The number of nitrogens with zero attached hydrogens (tertiary/aromatic N) is 3. The zero-order valence-corrected chi connectivity index (χ0v) is 12.8. The summed E-state index contributed by atoms with van der Waals surface area (Å²) in [6, 6.07) is 3.48. The lowest BCUT2D eigenvalue weighted by atomic mass is 10.1. The first-order valence-corrected chi connectivity index (χ1v) is 6.93. The van der Waals surface area contributed by atoms with Gasteiger partial charge >= 0.3 is 0 Å². The third kappa shape index (κ3) is 3.36. The van der Waals surface area contributed by atoms with Gasteiger partial charge in [-0.3, -0.25) is 10.1 Å². The van der Waals surface area contributed by atoms with Crippen LogP contribution in [-0.2, 0) is 6.54 Å². The van der Waals surface area contributed by atoms with Crippen LogP contribution in [0.15, 0.2) is 35.3 Å². The maximum atomic E-state index is 10.9. The number of nitro groups is 1. The van der Waals surface area contributed by atoms with Crippen molar-refractivity contribution in [3.8, 4) is 0 Å². The summed E-state index contributed by atoms with van der Waals surface area (Å²) in [5.41, 5.74) is 1.60. The minimum atomic E-state index is -0.376. The van der Waals surface area contributed by atoms with Crippen LogP contribution in [0.3, 0.4) is 0 Å². The highest BCUT2D eigenvalue weighted by molar-refractivity contribution is 9.10. The fourth-order valence-electron chi connectivity index (χ4n) is 2.00. The van der Waals surface area contributed by atoms with Crippen molar-refractivity contribution in [1.82, 2.24) is 9.55 Å². The lowest BCUT2D eigenvalue weighted by Gasteiger charge is -2.17. The molecule has 1 aromatic heterocycles. The summed E-state index contributed by atoms with van der Waals surface area (Å²) < 4.78 is 2.66. The molecule has 7 heteroatoms. The normalized spacial score (nSPS) is 12.2. The van der Waals surface area contributed by atoms with Gasteiger partial charge in [-0.25, -0.2) is 4.98 Å². The Morgan fingerprint density at radius 3 is 2.90 bits per heavy atom. The van der Waals surface area contributed by atoms with E-state index in [0.717, 1.165) is 12.2 Å². The quantitative estimate of drug-likeness (QED) is 0.670. The molecule has 2 rings (SSSR count). The van der Waals surface area contributed by atoms with Gasteiger partial charge in [0, 0.05) is 46.8 Å². The Morgan fingerprint density at radius 2 is 2.30 bits per heavy atom. The Hall–Kier alpha value is -1.89. The van der Waals surface area contributed by atoms with E-state index in [0.29, 0.717) is 10.0 Å². The van der Waals surface area contributed by atoms with Gasteiger partial charge < -0.3 is 9.88 Å². The van der Waals surface area contributed by atoms with Crippen LogP contribution >= 0.6 is 15.9 Å². The molecule has 2 aromatic rings. The molecule has 0 spiro atoms. The average Bonchev–Trinajstić information content (AvgIpc) is 2.85. The van der Waals surface area contributed by atoms with Crippen LogP contribution in [0, 0.1) is 17.0 Å². The highest BCUT2D eigenvalue weighted by Crippen LogP contribution is 2.31. The van der Waals surface area contributed by atoms with Gasteiger partial charge in [-0.15, -0.1) is 0 Å². The molecule has 0 saturated heterocycles. The van der Waals surface area contributed by atoms with Crippen LogP contribution in [-0.4, -0.2) is 20.5 Å². The molecule has 0 aliphatic carbocycles. The van der Waals surface area contributed by atoms with Gasteiger partial charge in [0.15, 0.2) is 0 Å². The first-order chi connectivity index (χ1) is 9.47. The van der Waals surface area contributed by atoms with Crippen molar-refractivity contribution in [2.45, 2.75) is 26.4 Å². The Labute approximate surface area is 125 Å². The summed E-state index contributed by atoms with van der Waals surface area (Å²) in [4.78, 5) is 14.5. The van der Waals surface area contributed by atoms with Crippen molar-refractivity contribution in [3.63, 3.8) is 0 Å². The number of benzene rings is 1. The van der Waals surface area contributed by atoms with E-state index in [4.69, 9.17) is 0 Å². The number of rotatable bonds is 5. The second-order valence-electron chi connectivity index (χ2n) is 4.68. The van der Waals surface area contributed by atoms with Crippen molar-refractivity contribution >= 4 is 27.3 Å². The van der Waals surface area contributed by atoms with Gasteiger partial charge in [0.25, 0.3) is 5.69 Å². The molecule has 0 aliphatic heterocycles. The molecule has 6 nitrogen and oxygen atoms in total. The van der Waals surface area contributed by atoms with Gasteiger partial charge in [0.2, 0.25) is 0 Å². The minimum absolute atomic E-state index is 0.115. The molecule has 0 radical (unpaired) electrons. The highest BCUT2D eigenvalue weighted by atomic mass is 79.9. The number of nitrogens with one attached hydrogen (secondary N) is 1. The van der Waals surface area contributed by atoms with Crippen LogP contribution in [0.1, 0.15) is 12.5 Å². The van der Waals surface area contributed by atoms with Crippen molar-refractivity contribution in [3.05, 3.63) is 51.0 Å². The first kappa shape index (κ1) is 14.5. The number of halogens is 1. The average molecular weight is 339 g/mol. The summed E-state index contributed by atoms with van der Waals surface area (Å²) in [6.07, 6.45) is 5.39. The molecule has 0 amide bonds. The van der Waals surface area contributed by atoms with E-state index in [1.54, 1.807) is 25.5 Å². The third-order valence-electron chi connectivity index (χ3n) is 2.93. The van der Waals surface area contributed by atoms with Crippen LogP contribution in [0.4, 0.5) is 11.4 Å². The number of anilines is 1. The van der Waals surface area contributed by atoms with E-state index in [2.05, 4.69) is 26.2 Å². The SMILES string of the molecule is Cc1cc(NC(C)Cn2ccnc2)c(Br)cc1[N+](=O)[O-]. The summed E-state index contributed by atoms with van der Waals surface area (Å²) in [6.45, 7) is 4.54. The van der Waals surface area contributed by atoms with Gasteiger partial charge in [-0.2, -0.15) is 0 Å². The van der Waals surface area contributed by atoms with E-state index >= 15 is 0 Å². The predicted octanol–water partition coefficient (Wildman–Crippen LogP) is 3.36. The molecule has 106 valence electrons. The summed E-state index contributed by atoms with van der Waals surface area (Å²) in [5.74, 6) is 0. The Balaban J connectivity index is 2.13. The number of hydrogen-bond acceptors (Lipinski definition) is 4. The fraction of sp³-hybridized carbons (Fsp3) is 0.308. The number of hydrogen-bond donors (Lipinski definition) is 1. The molecule has 1 heterocycles. The van der Waals surface area contributed by atoms with Crippen LogP contribution in [0.2, 0.25) is 0 Å².